The molecule has 5 nitrogen and oxygen atoms in total. The highest BCUT2D eigenvalue weighted by atomic mass is 32.1. The number of nitriles is 1. The molecule has 0 bridgehead atoms. The highest BCUT2D eigenvalue weighted by molar-refractivity contribution is 7.27. The van der Waals surface area contributed by atoms with Gasteiger partial charge in [0.15, 0.2) is 0 Å². The van der Waals surface area contributed by atoms with E-state index < -0.39 is 0 Å². The van der Waals surface area contributed by atoms with Crippen LogP contribution in [0.1, 0.15) is 5.56 Å². The van der Waals surface area contributed by atoms with Crippen molar-refractivity contribution in [2.45, 2.75) is 0 Å². The molecule has 0 amide bonds. The number of furan rings is 1. The first-order chi connectivity index (χ1) is 40.1. The molecule has 81 heavy (non-hydrogen) atoms. The molecule has 0 saturated heterocycles. The molecule has 0 unspecified atom stereocenters. The second-order valence-electron chi connectivity index (χ2n) is 20.7. The van der Waals surface area contributed by atoms with Crippen molar-refractivity contribution in [1.29, 1.82) is 5.26 Å². The van der Waals surface area contributed by atoms with Crippen LogP contribution in [-0.2, 0) is 0 Å². The van der Waals surface area contributed by atoms with Crippen molar-refractivity contribution >= 4 is 134 Å². The number of aromatic nitrogens is 2. The quantitative estimate of drug-likeness (QED) is 0.156. The minimum Gasteiger partial charge on any atom is -0.455 e. The smallest absolute Gasteiger partial charge is 0.220 e. The number of hydrogen-bond acceptors (Lipinski definition) is 4. The van der Waals surface area contributed by atoms with Crippen molar-refractivity contribution in [2.75, 3.05) is 0 Å². The molecule has 0 radical (unpaired) electrons. The average Bonchev–Trinajstić information content (AvgIpc) is 3.51. The molecule has 0 spiro atoms. The summed E-state index contributed by atoms with van der Waals surface area (Å²) in [5.41, 5.74) is 15.3. The normalized spacial score (nSPS) is 11.9. The fraction of sp³-hybridized carbons (Fsp3) is 0. The first kappa shape index (κ1) is 45.5. The Morgan fingerprint density at radius 2 is 0.975 bits per heavy atom. The molecule has 17 rings (SSSR count). The Balaban J connectivity index is 1.09. The van der Waals surface area contributed by atoms with E-state index in [0.717, 1.165) is 125 Å². The van der Waals surface area contributed by atoms with Gasteiger partial charge in [0.25, 0.3) is 0 Å². The monoisotopic (exact) mass is 1060 g/mol. The molecule has 0 atom stereocenters. The van der Waals surface area contributed by atoms with Crippen molar-refractivity contribution < 1.29 is 4.42 Å². The summed E-state index contributed by atoms with van der Waals surface area (Å²) in [6.45, 7) is 9.52. The van der Waals surface area contributed by atoms with Crippen molar-refractivity contribution in [2.24, 2.45) is 0 Å². The van der Waals surface area contributed by atoms with E-state index in [4.69, 9.17) is 4.42 Å². The van der Waals surface area contributed by atoms with Gasteiger partial charge in [0, 0.05) is 80.0 Å². The molecule has 0 N–H and O–H groups in total. The lowest BCUT2D eigenvalue weighted by Crippen LogP contribution is -2.09. The van der Waals surface area contributed by atoms with E-state index >= 15 is 0 Å². The second-order valence-corrected chi connectivity index (χ2v) is 22.9. The lowest BCUT2D eigenvalue weighted by molar-refractivity contribution is 0.670. The fourth-order valence-corrected chi connectivity index (χ4v) is 15.7. The maximum Gasteiger partial charge on any atom is 0.220 e. The van der Waals surface area contributed by atoms with Gasteiger partial charge in [0.05, 0.1) is 55.0 Å². The van der Waals surface area contributed by atoms with Crippen LogP contribution in [0.4, 0.5) is 5.69 Å². The van der Waals surface area contributed by atoms with Gasteiger partial charge < -0.3 is 13.6 Å². The number of benzene rings is 12. The predicted octanol–water partition coefficient (Wildman–Crippen LogP) is 21.6. The van der Waals surface area contributed by atoms with Crippen LogP contribution in [0.5, 0.6) is 0 Å². The van der Waals surface area contributed by atoms with Crippen molar-refractivity contribution in [1.82, 2.24) is 9.13 Å². The van der Waals surface area contributed by atoms with Gasteiger partial charge in [0.1, 0.15) is 17.2 Å². The molecule has 0 aliphatic carbocycles. The summed E-state index contributed by atoms with van der Waals surface area (Å²) in [5, 5.41) is 23.5. The van der Waals surface area contributed by atoms with E-state index in [1.807, 2.05) is 48.5 Å². The molecule has 0 fully saturated rings. The van der Waals surface area contributed by atoms with Crippen LogP contribution >= 0.6 is 22.7 Å². The minimum atomic E-state index is 0.395. The molecular weight excluding hydrogens is 1020 g/mol. The maximum atomic E-state index is 12.4. The van der Waals surface area contributed by atoms with Crippen LogP contribution in [-0.4, -0.2) is 9.13 Å². The third kappa shape index (κ3) is 6.45. The molecule has 374 valence electrons. The van der Waals surface area contributed by atoms with Gasteiger partial charge in [-0.3, -0.25) is 0 Å². The highest BCUT2D eigenvalue weighted by Crippen LogP contribution is 2.55. The molecule has 17 aromatic rings. The SMILES string of the molecule is [C-]#[N+]c1c(-c2ccccc2)c(C#N)c(-n2c3c(ccc4c5ccccc5sc43)c3ccc4c(sc5cccc(-c6ccccc6)c54)c32)c(-c2ccccc2)c1-n1c2ccccc2c2cc(-c3cccc4c3oc3ccccc34)ccc21. The highest BCUT2D eigenvalue weighted by Gasteiger charge is 2.33. The molecule has 0 saturated carbocycles. The Bertz CT molecular complexity index is 5610. The number of fused-ring (bicyclic) bond motifs is 17. The van der Waals surface area contributed by atoms with E-state index in [2.05, 4.69) is 214 Å². The molecule has 5 heterocycles. The molecule has 0 aliphatic heterocycles. The third-order valence-corrected chi connectivity index (χ3v) is 19.0. The van der Waals surface area contributed by atoms with Crippen LogP contribution in [0.25, 0.3) is 167 Å². The van der Waals surface area contributed by atoms with E-state index in [1.165, 1.54) is 25.7 Å². The van der Waals surface area contributed by atoms with Gasteiger partial charge in [-0.1, -0.05) is 206 Å². The van der Waals surface area contributed by atoms with Gasteiger partial charge in [0.2, 0.25) is 5.69 Å². The van der Waals surface area contributed by atoms with Crippen LogP contribution in [0.15, 0.2) is 247 Å². The van der Waals surface area contributed by atoms with Crippen molar-refractivity contribution in [3.8, 4) is 62.0 Å². The number of para-hydroxylation sites is 3. The lowest BCUT2D eigenvalue weighted by Gasteiger charge is -2.26. The van der Waals surface area contributed by atoms with E-state index in [0.29, 0.717) is 22.5 Å². The van der Waals surface area contributed by atoms with Gasteiger partial charge >= 0.3 is 0 Å². The molecule has 7 heteroatoms. The lowest BCUT2D eigenvalue weighted by atomic mass is 9.88. The standard InChI is InChI=1S/C74H40N4OS2/c1-76-67-64(44-21-7-3-8-22-44)58(42-75)68(78-69-52(36-38-55-51-27-13-16-33-62(51)80-73(55)69)53-37-39-56-66-47(43-19-5-2-6-20-43)28-18-34-63(66)81-74(56)70(53)78)65(45-23-9-4-10-24-45)71(67)77-59-31-14-11-25-49(59)57-41-46(35-40-60(57)77)48-29-17-30-54-50-26-12-15-32-61(50)79-72(48)54/h2-41H. The molecule has 12 aromatic carbocycles. The van der Waals surface area contributed by atoms with Crippen molar-refractivity contribution in [3.63, 3.8) is 0 Å². The van der Waals surface area contributed by atoms with Crippen LogP contribution in [0.3, 0.4) is 0 Å². The minimum absolute atomic E-state index is 0.395. The number of rotatable bonds is 6. The first-order valence-electron chi connectivity index (χ1n) is 27.0. The summed E-state index contributed by atoms with van der Waals surface area (Å²) >= 11 is 3.60. The summed E-state index contributed by atoms with van der Waals surface area (Å²) in [6, 6.07) is 88.5. The third-order valence-electron chi connectivity index (χ3n) is 16.6. The predicted molar refractivity (Wildman–Crippen MR) is 341 cm³/mol. The topological polar surface area (TPSA) is 51.1 Å². The van der Waals surface area contributed by atoms with Crippen LogP contribution in [0.2, 0.25) is 0 Å². The summed E-state index contributed by atoms with van der Waals surface area (Å²) in [4.78, 5) is 4.63. The fourth-order valence-electron chi connectivity index (χ4n) is 13.2. The summed E-state index contributed by atoms with van der Waals surface area (Å²) < 4.78 is 16.0. The van der Waals surface area contributed by atoms with Crippen molar-refractivity contribution in [3.05, 3.63) is 260 Å². The van der Waals surface area contributed by atoms with Gasteiger partial charge in [-0.05, 0) is 64.2 Å². The number of nitrogens with zero attached hydrogens (tertiary/aromatic N) is 4. The Labute approximate surface area is 471 Å². The Morgan fingerprint density at radius 3 is 1.73 bits per heavy atom. The molecule has 5 aromatic heterocycles. The van der Waals surface area contributed by atoms with Gasteiger partial charge in [-0.25, -0.2) is 4.85 Å². The summed E-state index contributed by atoms with van der Waals surface area (Å²) in [7, 11) is 0. The second kappa shape index (κ2) is 17.5. The first-order valence-corrected chi connectivity index (χ1v) is 28.6. The van der Waals surface area contributed by atoms with E-state index in [1.54, 1.807) is 22.7 Å². The Hall–Kier alpha value is -10.5. The summed E-state index contributed by atoms with van der Waals surface area (Å²) in [5.74, 6) is 0. The summed E-state index contributed by atoms with van der Waals surface area (Å²) in [6.07, 6.45) is 0. The van der Waals surface area contributed by atoms with Gasteiger partial charge in [-0.15, -0.1) is 22.7 Å². The van der Waals surface area contributed by atoms with Crippen LogP contribution in [0, 0.1) is 17.9 Å². The zero-order valence-corrected chi connectivity index (χ0v) is 44.7. The number of thiophene rings is 2. The zero-order chi connectivity index (χ0) is 53.4. The van der Waals surface area contributed by atoms with E-state index in [9.17, 15) is 11.8 Å². The van der Waals surface area contributed by atoms with Crippen LogP contribution < -0.4 is 0 Å². The van der Waals surface area contributed by atoms with E-state index in [-0.39, 0.29) is 0 Å². The Kier molecular flexibility index (Phi) is 9.82. The molecular formula is C74H40N4OS2. The number of hydrogen-bond donors (Lipinski definition) is 0. The zero-order valence-electron chi connectivity index (χ0n) is 43.1. The van der Waals surface area contributed by atoms with Gasteiger partial charge in [-0.2, -0.15) is 5.26 Å². The Morgan fingerprint density at radius 1 is 0.407 bits per heavy atom. The maximum absolute atomic E-state index is 12.4. The average molecular weight is 1070 g/mol. The largest absolute Gasteiger partial charge is 0.455 e. The molecule has 0 aliphatic rings.